The van der Waals surface area contributed by atoms with Crippen molar-refractivity contribution in [3.8, 4) is 0 Å². The number of pyridine rings is 1. The number of hydrogen-bond acceptors (Lipinski definition) is 4. The van der Waals surface area contributed by atoms with Gasteiger partial charge in [0.1, 0.15) is 6.54 Å². The van der Waals surface area contributed by atoms with Gasteiger partial charge in [0.15, 0.2) is 5.78 Å². The summed E-state index contributed by atoms with van der Waals surface area (Å²) in [4.78, 5) is 21.9. The van der Waals surface area contributed by atoms with Crippen LogP contribution in [0.25, 0.3) is 0 Å². The van der Waals surface area contributed by atoms with Crippen LogP contribution in [-0.2, 0) is 6.42 Å². The van der Waals surface area contributed by atoms with Gasteiger partial charge in [-0.3, -0.25) is 14.8 Å². The summed E-state index contributed by atoms with van der Waals surface area (Å²) in [5.74, 6) is 0.0860. The second-order valence-electron chi connectivity index (χ2n) is 7.31. The highest BCUT2D eigenvalue weighted by molar-refractivity contribution is 6.21. The number of nitrogens with one attached hydrogen (secondary N) is 1. The molecule has 3 heterocycles. The van der Waals surface area contributed by atoms with Crippen molar-refractivity contribution in [1.82, 2.24) is 4.98 Å². The van der Waals surface area contributed by atoms with Crippen LogP contribution in [0.15, 0.2) is 71.9 Å². The molecular weight excluding hydrogens is 346 g/mol. The topological polar surface area (TPSA) is 54.4 Å². The molecule has 0 amide bonds. The van der Waals surface area contributed by atoms with Crippen molar-refractivity contribution < 1.29 is 4.79 Å². The fourth-order valence-electron chi connectivity index (χ4n) is 4.33. The van der Waals surface area contributed by atoms with E-state index in [1.807, 2.05) is 36.5 Å². The average molecular weight is 367 g/mol. The molecule has 1 N–H and O–H groups in total. The zero-order valence-corrected chi connectivity index (χ0v) is 15.7. The molecule has 0 radical (unpaired) electrons. The summed E-state index contributed by atoms with van der Waals surface area (Å²) in [6.45, 7) is 2.38. The smallest absolute Gasteiger partial charge is 0.184 e. The van der Waals surface area contributed by atoms with Gasteiger partial charge in [0.2, 0.25) is 0 Å². The van der Waals surface area contributed by atoms with E-state index in [-0.39, 0.29) is 24.3 Å². The second kappa shape index (κ2) is 6.71. The summed E-state index contributed by atoms with van der Waals surface area (Å²) in [5, 5.41) is 3.66. The number of rotatable bonds is 3. The van der Waals surface area contributed by atoms with E-state index in [1.165, 1.54) is 11.1 Å². The van der Waals surface area contributed by atoms with Crippen LogP contribution in [0.2, 0.25) is 0 Å². The first-order valence-corrected chi connectivity index (χ1v) is 9.73. The fourth-order valence-corrected chi connectivity index (χ4v) is 4.33. The molecule has 0 aliphatic carbocycles. The Bertz CT molecular complexity index is 1090. The van der Waals surface area contributed by atoms with E-state index < -0.39 is 0 Å². The molecule has 2 aliphatic rings. The van der Waals surface area contributed by atoms with Crippen LogP contribution in [0.5, 0.6) is 0 Å². The monoisotopic (exact) mass is 367 g/mol. The summed E-state index contributed by atoms with van der Waals surface area (Å²) in [5.41, 5.74) is 7.16. The van der Waals surface area contributed by atoms with Gasteiger partial charge in [-0.15, -0.1) is 0 Å². The van der Waals surface area contributed by atoms with Crippen molar-refractivity contribution in [2.45, 2.75) is 25.3 Å². The summed E-state index contributed by atoms with van der Waals surface area (Å²) >= 11 is 0. The molecule has 3 aromatic rings. The van der Waals surface area contributed by atoms with Crippen LogP contribution in [0.1, 0.15) is 51.6 Å². The first-order chi connectivity index (χ1) is 13.8. The molecule has 1 aromatic heterocycles. The number of aliphatic imine (C=N–C) groups is 1. The van der Waals surface area contributed by atoms with E-state index in [1.54, 1.807) is 0 Å². The number of ketones is 1. The van der Waals surface area contributed by atoms with Gasteiger partial charge < -0.3 is 5.32 Å². The maximum absolute atomic E-state index is 12.5. The average Bonchev–Trinajstić information content (AvgIpc) is 2.76. The Morgan fingerprint density at radius 2 is 1.96 bits per heavy atom. The van der Waals surface area contributed by atoms with E-state index >= 15 is 0 Å². The molecule has 2 aliphatic heterocycles. The van der Waals surface area contributed by atoms with Gasteiger partial charge in [0.05, 0.1) is 23.4 Å². The standard InChI is InChI=1S/C24H21N3O/c1-2-15-7-5-8-16(13-15)21-23(19-10-3-4-12-25-19)27-18-11-6-9-17-20(28)14-26-24(21)22(17)18/h3-13,21,23,27H,2,14H2,1H3. The SMILES string of the molecule is CCc1cccc(C2C3=NCC(=O)c4cccc(c43)NC2c2ccccn2)c1. The minimum atomic E-state index is -0.0389. The number of anilines is 1. The molecular formula is C24H21N3O. The van der Waals surface area contributed by atoms with Crippen molar-refractivity contribution in [2.75, 3.05) is 11.9 Å². The number of hydrogen-bond donors (Lipinski definition) is 1. The molecule has 0 fully saturated rings. The minimum absolute atomic E-state index is 0.00292. The highest BCUT2D eigenvalue weighted by atomic mass is 16.1. The predicted molar refractivity (Wildman–Crippen MR) is 111 cm³/mol. The number of aromatic nitrogens is 1. The molecule has 28 heavy (non-hydrogen) atoms. The van der Waals surface area contributed by atoms with E-state index in [9.17, 15) is 4.79 Å². The minimum Gasteiger partial charge on any atom is -0.375 e. The third kappa shape index (κ3) is 2.64. The largest absolute Gasteiger partial charge is 0.375 e. The Kier molecular flexibility index (Phi) is 4.05. The molecule has 4 heteroatoms. The van der Waals surface area contributed by atoms with Crippen LogP contribution in [0.4, 0.5) is 5.69 Å². The molecule has 5 rings (SSSR count). The van der Waals surface area contributed by atoms with Crippen LogP contribution in [-0.4, -0.2) is 23.0 Å². The van der Waals surface area contributed by atoms with E-state index in [0.717, 1.165) is 34.6 Å². The van der Waals surface area contributed by atoms with E-state index in [0.29, 0.717) is 0 Å². The van der Waals surface area contributed by atoms with Crippen LogP contribution in [0, 0.1) is 0 Å². The molecule has 138 valence electrons. The fraction of sp³-hybridized carbons (Fsp3) is 0.208. The van der Waals surface area contributed by atoms with Gasteiger partial charge >= 0.3 is 0 Å². The van der Waals surface area contributed by atoms with Crippen LogP contribution < -0.4 is 5.32 Å². The molecule has 4 nitrogen and oxygen atoms in total. The number of nitrogens with zero attached hydrogens (tertiary/aromatic N) is 2. The van der Waals surface area contributed by atoms with Crippen molar-refractivity contribution >= 4 is 17.2 Å². The Hall–Kier alpha value is -3.27. The quantitative estimate of drug-likeness (QED) is 0.737. The number of carbonyl (C=O) groups is 1. The lowest BCUT2D eigenvalue weighted by molar-refractivity contribution is 0.1000. The number of aryl methyl sites for hydroxylation is 1. The van der Waals surface area contributed by atoms with Gasteiger partial charge in [-0.2, -0.15) is 0 Å². The zero-order valence-electron chi connectivity index (χ0n) is 15.7. The van der Waals surface area contributed by atoms with E-state index in [2.05, 4.69) is 47.6 Å². The third-order valence-electron chi connectivity index (χ3n) is 5.68. The molecule has 0 spiro atoms. The lowest BCUT2D eigenvalue weighted by Gasteiger charge is -2.38. The van der Waals surface area contributed by atoms with Crippen molar-refractivity contribution in [3.05, 3.63) is 94.8 Å². The summed E-state index contributed by atoms with van der Waals surface area (Å²) in [6.07, 6.45) is 2.81. The Morgan fingerprint density at radius 1 is 1.07 bits per heavy atom. The molecule has 2 aromatic carbocycles. The molecule has 2 atom stereocenters. The van der Waals surface area contributed by atoms with Gasteiger partial charge in [-0.25, -0.2) is 0 Å². The Balaban J connectivity index is 1.74. The number of Topliss-reactive ketones (excluding diaryl/α,β-unsaturated/α-hetero) is 1. The number of carbonyl (C=O) groups excluding carboxylic acids is 1. The molecule has 2 unspecified atom stereocenters. The Labute approximate surface area is 164 Å². The highest BCUT2D eigenvalue weighted by Crippen LogP contribution is 2.44. The highest BCUT2D eigenvalue weighted by Gasteiger charge is 2.39. The lowest BCUT2D eigenvalue weighted by atomic mass is 9.76. The predicted octanol–water partition coefficient (Wildman–Crippen LogP) is 4.58. The van der Waals surface area contributed by atoms with Crippen molar-refractivity contribution in [1.29, 1.82) is 0 Å². The first kappa shape index (κ1) is 16.9. The normalized spacial score (nSPS) is 20.2. The maximum atomic E-state index is 12.5. The van der Waals surface area contributed by atoms with Gasteiger partial charge in [-0.1, -0.05) is 49.4 Å². The first-order valence-electron chi connectivity index (χ1n) is 9.73. The van der Waals surface area contributed by atoms with E-state index in [4.69, 9.17) is 4.99 Å². The summed E-state index contributed by atoms with van der Waals surface area (Å²) in [6, 6.07) is 20.5. The van der Waals surface area contributed by atoms with Gasteiger partial charge in [-0.05, 0) is 35.7 Å². The maximum Gasteiger partial charge on any atom is 0.184 e. The third-order valence-corrected chi connectivity index (χ3v) is 5.68. The lowest BCUT2D eigenvalue weighted by Crippen LogP contribution is -2.36. The number of benzene rings is 2. The summed E-state index contributed by atoms with van der Waals surface area (Å²) in [7, 11) is 0. The van der Waals surface area contributed by atoms with Crippen LogP contribution in [0.3, 0.4) is 0 Å². The molecule has 0 saturated carbocycles. The Morgan fingerprint density at radius 3 is 2.79 bits per heavy atom. The zero-order chi connectivity index (χ0) is 19.1. The van der Waals surface area contributed by atoms with Gasteiger partial charge in [0, 0.05) is 23.0 Å². The van der Waals surface area contributed by atoms with Gasteiger partial charge in [0.25, 0.3) is 0 Å². The van der Waals surface area contributed by atoms with Crippen molar-refractivity contribution in [2.24, 2.45) is 4.99 Å². The summed E-state index contributed by atoms with van der Waals surface area (Å²) < 4.78 is 0. The molecule has 0 saturated heterocycles. The molecule has 0 bridgehead atoms. The second-order valence-corrected chi connectivity index (χ2v) is 7.31. The van der Waals surface area contributed by atoms with Crippen LogP contribution >= 0.6 is 0 Å². The van der Waals surface area contributed by atoms with Crippen molar-refractivity contribution in [3.63, 3.8) is 0 Å².